The Morgan fingerprint density at radius 2 is 1.89 bits per heavy atom. The van der Waals surface area contributed by atoms with E-state index in [1.54, 1.807) is 10.6 Å². The monoisotopic (exact) mass is 379 g/mol. The van der Waals surface area contributed by atoms with Crippen molar-refractivity contribution in [3.63, 3.8) is 0 Å². The summed E-state index contributed by atoms with van der Waals surface area (Å²) in [6.07, 6.45) is 4.00. The van der Waals surface area contributed by atoms with E-state index in [0.29, 0.717) is 11.6 Å². The van der Waals surface area contributed by atoms with E-state index in [4.69, 9.17) is 0 Å². The SMILES string of the molecule is CC(=Nc1c(C)cc(-c2cc(C)c3nc(C)cn3n2)cc1F)C1CCNCC1. The van der Waals surface area contributed by atoms with Crippen LogP contribution in [-0.2, 0) is 0 Å². The highest BCUT2D eigenvalue weighted by Gasteiger charge is 2.18. The lowest BCUT2D eigenvalue weighted by atomic mass is 9.93. The van der Waals surface area contributed by atoms with Gasteiger partial charge in [0, 0.05) is 11.3 Å². The molecule has 0 unspecified atom stereocenters. The van der Waals surface area contributed by atoms with Crippen LogP contribution in [0.2, 0.25) is 0 Å². The summed E-state index contributed by atoms with van der Waals surface area (Å²) in [6, 6.07) is 5.47. The number of imidazole rings is 1. The molecule has 1 N–H and O–H groups in total. The molecule has 1 aliphatic heterocycles. The van der Waals surface area contributed by atoms with E-state index in [1.165, 1.54) is 0 Å². The first-order valence-electron chi connectivity index (χ1n) is 9.82. The third-order valence-electron chi connectivity index (χ3n) is 5.50. The molecule has 0 bridgehead atoms. The van der Waals surface area contributed by atoms with Crippen LogP contribution in [0.15, 0.2) is 29.4 Å². The maximum atomic E-state index is 15.0. The summed E-state index contributed by atoms with van der Waals surface area (Å²) in [4.78, 5) is 9.14. The molecule has 0 atom stereocenters. The van der Waals surface area contributed by atoms with Crippen molar-refractivity contribution in [3.05, 3.63) is 47.0 Å². The summed E-state index contributed by atoms with van der Waals surface area (Å²) in [5.41, 5.74) is 6.52. The van der Waals surface area contributed by atoms with Crippen LogP contribution < -0.4 is 5.32 Å². The lowest BCUT2D eigenvalue weighted by molar-refractivity contribution is 0.455. The van der Waals surface area contributed by atoms with Crippen molar-refractivity contribution in [2.45, 2.75) is 40.5 Å². The van der Waals surface area contributed by atoms with Gasteiger partial charge in [-0.3, -0.25) is 4.99 Å². The number of rotatable bonds is 3. The van der Waals surface area contributed by atoms with Crippen LogP contribution in [0.5, 0.6) is 0 Å². The first kappa shape index (κ1) is 18.7. The minimum absolute atomic E-state index is 0.301. The molecular weight excluding hydrogens is 353 g/mol. The van der Waals surface area contributed by atoms with Gasteiger partial charge in [-0.25, -0.2) is 13.9 Å². The molecule has 1 saturated heterocycles. The Morgan fingerprint density at radius 1 is 1.14 bits per heavy atom. The molecule has 1 fully saturated rings. The Balaban J connectivity index is 1.71. The number of fused-ring (bicyclic) bond motifs is 1. The van der Waals surface area contributed by atoms with Crippen LogP contribution in [0.4, 0.5) is 10.1 Å². The lowest BCUT2D eigenvalue weighted by Crippen LogP contribution is -2.30. The summed E-state index contributed by atoms with van der Waals surface area (Å²) < 4.78 is 16.7. The standard InChI is InChI=1S/C22H26FN5/c1-13-9-18(20-10-14(2)22-25-15(3)12-28(22)27-20)11-19(23)21(13)26-16(4)17-5-7-24-8-6-17/h9-12,17,24H,5-8H2,1-4H3. The van der Waals surface area contributed by atoms with Gasteiger partial charge < -0.3 is 5.32 Å². The quantitative estimate of drug-likeness (QED) is 0.679. The Bertz CT molecular complexity index is 1040. The molecule has 3 heterocycles. The fourth-order valence-electron chi connectivity index (χ4n) is 3.92. The molecular formula is C22H26FN5. The van der Waals surface area contributed by atoms with Crippen LogP contribution in [-0.4, -0.2) is 33.4 Å². The van der Waals surface area contributed by atoms with Crippen molar-refractivity contribution < 1.29 is 4.39 Å². The van der Waals surface area contributed by atoms with Crippen molar-refractivity contribution in [1.82, 2.24) is 19.9 Å². The Kier molecular flexibility index (Phi) is 4.98. The molecule has 0 amide bonds. The van der Waals surface area contributed by atoms with Gasteiger partial charge in [0.1, 0.15) is 11.5 Å². The highest BCUT2D eigenvalue weighted by molar-refractivity contribution is 5.87. The third-order valence-corrected chi connectivity index (χ3v) is 5.50. The van der Waals surface area contributed by atoms with Crippen LogP contribution in [0.1, 0.15) is 36.6 Å². The van der Waals surface area contributed by atoms with Crippen molar-refractivity contribution in [2.75, 3.05) is 13.1 Å². The lowest BCUT2D eigenvalue weighted by Gasteiger charge is -2.22. The van der Waals surface area contributed by atoms with E-state index in [0.717, 1.165) is 65.4 Å². The predicted octanol–water partition coefficient (Wildman–Crippen LogP) is 4.55. The molecule has 0 aliphatic carbocycles. The Morgan fingerprint density at radius 3 is 2.61 bits per heavy atom. The molecule has 2 aromatic heterocycles. The summed E-state index contributed by atoms with van der Waals surface area (Å²) in [6.45, 7) is 9.86. The number of benzene rings is 1. The number of aromatic nitrogens is 3. The highest BCUT2D eigenvalue weighted by atomic mass is 19.1. The van der Waals surface area contributed by atoms with Gasteiger partial charge in [0.25, 0.3) is 0 Å². The fourth-order valence-corrected chi connectivity index (χ4v) is 3.92. The Labute approximate surface area is 164 Å². The summed E-state index contributed by atoms with van der Waals surface area (Å²) in [5.74, 6) is 0.126. The minimum Gasteiger partial charge on any atom is -0.317 e. The zero-order chi connectivity index (χ0) is 19.8. The molecule has 3 aromatic rings. The van der Waals surface area contributed by atoms with Crippen LogP contribution in [0.3, 0.4) is 0 Å². The average Bonchev–Trinajstić information content (AvgIpc) is 3.06. The highest BCUT2D eigenvalue weighted by Crippen LogP contribution is 2.31. The number of hydrogen-bond acceptors (Lipinski definition) is 4. The molecule has 28 heavy (non-hydrogen) atoms. The van der Waals surface area contributed by atoms with Crippen molar-refractivity contribution in [2.24, 2.45) is 10.9 Å². The van der Waals surface area contributed by atoms with Crippen LogP contribution in [0.25, 0.3) is 16.9 Å². The maximum Gasteiger partial charge on any atom is 0.156 e. The largest absolute Gasteiger partial charge is 0.317 e. The van der Waals surface area contributed by atoms with Gasteiger partial charge in [-0.05, 0) is 88.9 Å². The summed E-state index contributed by atoms with van der Waals surface area (Å²) in [7, 11) is 0. The van der Waals surface area contributed by atoms with Gasteiger partial charge in [0.05, 0.1) is 17.6 Å². The average molecular weight is 379 g/mol. The topological polar surface area (TPSA) is 54.6 Å². The third kappa shape index (κ3) is 3.56. The van der Waals surface area contributed by atoms with Gasteiger partial charge in [-0.2, -0.15) is 5.10 Å². The number of aliphatic imine (C=N–C) groups is 1. The van der Waals surface area contributed by atoms with Crippen LogP contribution in [0, 0.1) is 32.5 Å². The number of nitrogens with zero attached hydrogens (tertiary/aromatic N) is 4. The van der Waals surface area contributed by atoms with Gasteiger partial charge in [0.2, 0.25) is 0 Å². The first-order valence-corrected chi connectivity index (χ1v) is 9.82. The second kappa shape index (κ2) is 7.43. The predicted molar refractivity (Wildman–Crippen MR) is 111 cm³/mol. The summed E-state index contributed by atoms with van der Waals surface area (Å²) in [5, 5.41) is 7.98. The van der Waals surface area contributed by atoms with Gasteiger partial charge >= 0.3 is 0 Å². The molecule has 6 heteroatoms. The van der Waals surface area contributed by atoms with Gasteiger partial charge in [-0.15, -0.1) is 0 Å². The number of piperidine rings is 1. The molecule has 5 nitrogen and oxygen atoms in total. The normalized spacial score (nSPS) is 16.1. The molecule has 146 valence electrons. The maximum absolute atomic E-state index is 15.0. The minimum atomic E-state index is -0.301. The van der Waals surface area contributed by atoms with Gasteiger partial charge in [0.15, 0.2) is 5.65 Å². The zero-order valence-electron chi connectivity index (χ0n) is 16.9. The van der Waals surface area contributed by atoms with E-state index >= 15 is 0 Å². The van der Waals surface area contributed by atoms with Crippen molar-refractivity contribution in [3.8, 4) is 11.3 Å². The van der Waals surface area contributed by atoms with Gasteiger partial charge in [-0.1, -0.05) is 0 Å². The first-order chi connectivity index (χ1) is 13.4. The smallest absolute Gasteiger partial charge is 0.156 e. The van der Waals surface area contributed by atoms with E-state index in [1.807, 2.05) is 46.0 Å². The number of nitrogens with one attached hydrogen (secondary N) is 1. The Hall–Kier alpha value is -2.60. The van der Waals surface area contributed by atoms with E-state index in [2.05, 4.69) is 20.4 Å². The van der Waals surface area contributed by atoms with Crippen LogP contribution >= 0.6 is 0 Å². The number of halogens is 1. The second-order valence-corrected chi connectivity index (χ2v) is 7.76. The van der Waals surface area contributed by atoms with E-state index in [9.17, 15) is 4.39 Å². The number of aryl methyl sites for hydroxylation is 3. The molecule has 0 radical (unpaired) electrons. The van der Waals surface area contributed by atoms with Crippen molar-refractivity contribution in [1.29, 1.82) is 0 Å². The fraction of sp³-hybridized carbons (Fsp3) is 0.409. The van der Waals surface area contributed by atoms with Crippen molar-refractivity contribution >= 4 is 17.0 Å². The van der Waals surface area contributed by atoms with E-state index in [-0.39, 0.29) is 5.82 Å². The number of hydrogen-bond donors (Lipinski definition) is 1. The van der Waals surface area contributed by atoms with E-state index < -0.39 is 0 Å². The molecule has 0 saturated carbocycles. The summed E-state index contributed by atoms with van der Waals surface area (Å²) >= 11 is 0. The molecule has 1 aromatic carbocycles. The molecule has 1 aliphatic rings. The molecule has 0 spiro atoms. The zero-order valence-corrected chi connectivity index (χ0v) is 16.9. The second-order valence-electron chi connectivity index (χ2n) is 7.76. The molecule has 4 rings (SSSR count).